The number of hydrogen-bond donors (Lipinski definition) is 1. The molecule has 0 bridgehead atoms. The zero-order valence-electron chi connectivity index (χ0n) is 20.9. The fourth-order valence-corrected chi connectivity index (χ4v) is 10.3. The Morgan fingerprint density at radius 1 is 0.897 bits per heavy atom. The highest BCUT2D eigenvalue weighted by Gasteiger charge is 2.47. The van der Waals surface area contributed by atoms with E-state index in [1.165, 1.54) is 12.8 Å². The Hall–Kier alpha value is -0.606. The summed E-state index contributed by atoms with van der Waals surface area (Å²) in [7, 11) is -3.36. The molecule has 0 aromatic carbocycles. The lowest BCUT2D eigenvalue weighted by atomic mass is 10.1. The Morgan fingerprint density at radius 3 is 1.90 bits per heavy atom. The van der Waals surface area contributed by atoms with E-state index in [0.717, 1.165) is 12.8 Å². The molecule has 1 unspecified atom stereocenters. The van der Waals surface area contributed by atoms with Crippen molar-refractivity contribution in [2.75, 3.05) is 0 Å². The van der Waals surface area contributed by atoms with E-state index in [0.29, 0.717) is 16.6 Å². The molecule has 1 N–H and O–H groups in total. The first-order valence-corrected chi connectivity index (χ1v) is 17.2. The summed E-state index contributed by atoms with van der Waals surface area (Å²) in [5.41, 5.74) is 4.88. The average molecular weight is 437 g/mol. The lowest BCUT2D eigenvalue weighted by molar-refractivity contribution is 0.0465. The van der Waals surface area contributed by atoms with E-state index >= 15 is 0 Å². The van der Waals surface area contributed by atoms with Gasteiger partial charge in [-0.3, -0.25) is 0 Å². The van der Waals surface area contributed by atoms with Crippen LogP contribution in [0.1, 0.15) is 74.1 Å². The van der Waals surface area contributed by atoms with Crippen LogP contribution in [0.15, 0.2) is 24.3 Å². The van der Waals surface area contributed by atoms with Crippen LogP contribution < -0.4 is 0 Å². The Bertz CT molecular complexity index is 538. The zero-order valence-corrected chi connectivity index (χ0v) is 22.9. The van der Waals surface area contributed by atoms with Gasteiger partial charge in [0, 0.05) is 0 Å². The van der Waals surface area contributed by atoms with Crippen molar-refractivity contribution in [3.05, 3.63) is 24.3 Å². The van der Waals surface area contributed by atoms with Crippen LogP contribution in [-0.2, 0) is 4.43 Å². The summed E-state index contributed by atoms with van der Waals surface area (Å²) in [5.74, 6) is 3.13. The van der Waals surface area contributed by atoms with Gasteiger partial charge in [-0.05, 0) is 29.1 Å². The third-order valence-corrected chi connectivity index (χ3v) is 12.6. The van der Waals surface area contributed by atoms with Crippen molar-refractivity contribution < 1.29 is 9.53 Å². The number of hydrogen-bond acceptors (Lipinski definition) is 2. The van der Waals surface area contributed by atoms with E-state index < -0.39 is 22.5 Å². The number of unbranched alkanes of at least 4 members (excludes halogenated alkanes) is 2. The summed E-state index contributed by atoms with van der Waals surface area (Å²) in [6.45, 7) is 22.7. The third kappa shape index (κ3) is 10.3. The minimum Gasteiger partial charge on any atom is -0.410 e. The monoisotopic (exact) mass is 436 g/mol. The molecule has 0 aliphatic carbocycles. The molecule has 0 rings (SSSR count). The molecule has 2 atom stereocenters. The predicted molar refractivity (Wildman–Crippen MR) is 135 cm³/mol. The number of aliphatic hydroxyl groups excluding tert-OH is 1. The molecule has 0 spiro atoms. The highest BCUT2D eigenvalue weighted by molar-refractivity contribution is 6.83. The minimum absolute atomic E-state index is 0.127. The smallest absolute Gasteiger partial charge is 0.200 e. The van der Waals surface area contributed by atoms with Crippen molar-refractivity contribution in [1.82, 2.24) is 0 Å². The zero-order chi connectivity index (χ0) is 22.7. The van der Waals surface area contributed by atoms with Gasteiger partial charge in [0.15, 0.2) is 0 Å². The van der Waals surface area contributed by atoms with Crippen LogP contribution in [0.3, 0.4) is 0 Å². The molecular weight excluding hydrogens is 388 g/mol. The van der Waals surface area contributed by atoms with Gasteiger partial charge in [-0.1, -0.05) is 112 Å². The molecule has 0 saturated heterocycles. The molecule has 0 saturated carbocycles. The van der Waals surface area contributed by atoms with E-state index in [1.807, 2.05) is 24.3 Å². The van der Waals surface area contributed by atoms with Crippen molar-refractivity contribution in [3.63, 3.8) is 0 Å². The lowest BCUT2D eigenvalue weighted by Gasteiger charge is -2.45. The maximum absolute atomic E-state index is 11.0. The van der Waals surface area contributed by atoms with E-state index in [1.54, 1.807) is 0 Å². The van der Waals surface area contributed by atoms with Crippen LogP contribution in [0.25, 0.3) is 0 Å². The van der Waals surface area contributed by atoms with Crippen molar-refractivity contribution >= 4 is 16.4 Å². The van der Waals surface area contributed by atoms with Crippen LogP contribution in [0.2, 0.25) is 36.3 Å². The predicted octanol–water partition coefficient (Wildman–Crippen LogP) is 7.48. The van der Waals surface area contributed by atoms with Crippen LogP contribution in [0, 0.1) is 11.5 Å². The van der Waals surface area contributed by atoms with Crippen molar-refractivity contribution in [2.45, 2.75) is 123 Å². The third-order valence-electron chi connectivity index (χ3n) is 5.58. The Morgan fingerprint density at radius 2 is 1.45 bits per heavy atom. The van der Waals surface area contributed by atoms with Crippen molar-refractivity contribution in [2.24, 2.45) is 0 Å². The lowest BCUT2D eigenvalue weighted by Crippen LogP contribution is -2.52. The van der Waals surface area contributed by atoms with Crippen molar-refractivity contribution in [3.8, 4) is 11.5 Å². The molecule has 0 aliphatic rings. The fourth-order valence-electron chi connectivity index (χ4n) is 4.23. The van der Waals surface area contributed by atoms with Gasteiger partial charge in [0.05, 0.1) is 12.2 Å². The molecule has 0 radical (unpaired) electrons. The van der Waals surface area contributed by atoms with Gasteiger partial charge in [-0.2, -0.15) is 0 Å². The highest BCUT2D eigenvalue weighted by Crippen LogP contribution is 2.43. The first-order chi connectivity index (χ1) is 13.4. The molecule has 4 heteroatoms. The first kappa shape index (κ1) is 28.4. The molecule has 0 amide bonds. The standard InChI is InChI=1S/C25H48O2Si2/c1-11-12-15-19-25(27-29(21(2)3,22(4)5)23(6)7)24(26)18-16-13-14-17-20-28(8,9)10/h13-14,16,18,21-26H,11-12,15,19H2,1-10H3/t24?,25-/m0/s1. The quantitative estimate of drug-likeness (QED) is 0.149. The summed E-state index contributed by atoms with van der Waals surface area (Å²) in [4.78, 5) is 0. The molecule has 168 valence electrons. The van der Waals surface area contributed by atoms with Crippen LogP contribution >= 0.6 is 0 Å². The summed E-state index contributed by atoms with van der Waals surface area (Å²) >= 11 is 0. The molecule has 29 heavy (non-hydrogen) atoms. The van der Waals surface area contributed by atoms with Gasteiger partial charge in [0.25, 0.3) is 0 Å². The average Bonchev–Trinajstić information content (AvgIpc) is 2.58. The van der Waals surface area contributed by atoms with Crippen LogP contribution in [-0.4, -0.2) is 33.7 Å². The second-order valence-corrected chi connectivity index (χ2v) is 20.4. The van der Waals surface area contributed by atoms with Crippen LogP contribution in [0.5, 0.6) is 0 Å². The summed E-state index contributed by atoms with van der Waals surface area (Å²) < 4.78 is 6.94. The molecule has 0 aromatic rings. The van der Waals surface area contributed by atoms with E-state index in [4.69, 9.17) is 4.43 Å². The minimum atomic E-state index is -2.02. The van der Waals surface area contributed by atoms with E-state index in [2.05, 4.69) is 79.6 Å². The number of aliphatic hydroxyl groups is 1. The van der Waals surface area contributed by atoms with Gasteiger partial charge in [-0.25, -0.2) is 0 Å². The summed E-state index contributed by atoms with van der Waals surface area (Å²) in [6.07, 6.45) is 11.3. The topological polar surface area (TPSA) is 29.5 Å². The maximum Gasteiger partial charge on any atom is 0.200 e. The molecule has 0 aliphatic heterocycles. The van der Waals surface area contributed by atoms with Crippen LogP contribution in [0.4, 0.5) is 0 Å². The van der Waals surface area contributed by atoms with E-state index in [-0.39, 0.29) is 6.10 Å². The maximum atomic E-state index is 11.0. The van der Waals surface area contributed by atoms with Gasteiger partial charge < -0.3 is 9.53 Å². The number of allylic oxidation sites excluding steroid dienone is 3. The van der Waals surface area contributed by atoms with E-state index in [9.17, 15) is 5.11 Å². The molecule has 0 heterocycles. The van der Waals surface area contributed by atoms with Crippen molar-refractivity contribution in [1.29, 1.82) is 0 Å². The normalized spacial score (nSPS) is 15.5. The summed E-state index contributed by atoms with van der Waals surface area (Å²) in [6, 6.07) is 0. The molecular formula is C25H48O2Si2. The SMILES string of the molecule is CCCCC[C@H](O[Si](C(C)C)(C(C)C)C(C)C)C(O)C=CC=CC#C[Si](C)(C)C. The van der Waals surface area contributed by atoms with Gasteiger partial charge in [0.1, 0.15) is 8.07 Å². The number of rotatable bonds is 12. The largest absolute Gasteiger partial charge is 0.410 e. The fraction of sp³-hybridized carbons (Fsp3) is 0.760. The highest BCUT2D eigenvalue weighted by atomic mass is 28.4. The Balaban J connectivity index is 5.44. The second-order valence-electron chi connectivity index (χ2n) is 10.2. The second kappa shape index (κ2) is 13.6. The Kier molecular flexibility index (Phi) is 13.4. The molecule has 0 aromatic heterocycles. The van der Waals surface area contributed by atoms with Gasteiger partial charge in [0.2, 0.25) is 8.32 Å². The Labute approximate surface area is 184 Å². The van der Waals surface area contributed by atoms with Gasteiger partial charge >= 0.3 is 0 Å². The summed E-state index contributed by atoms with van der Waals surface area (Å²) in [5, 5.41) is 11.0. The van der Waals surface area contributed by atoms with Gasteiger partial charge in [-0.15, -0.1) is 5.54 Å². The molecule has 0 fully saturated rings. The first-order valence-electron chi connectivity index (χ1n) is 11.6. The molecule has 2 nitrogen and oxygen atoms in total.